The lowest BCUT2D eigenvalue weighted by Crippen LogP contribution is -2.01. The fourth-order valence-electron chi connectivity index (χ4n) is 1.99. The Bertz CT molecular complexity index is 692. The lowest BCUT2D eigenvalue weighted by molar-refractivity contribution is 0.322. The first-order chi connectivity index (χ1) is 10.3. The SMILES string of the molecule is Nc1ccc(OCCc2nc(-c3ccccc3)cs2)cc1. The maximum absolute atomic E-state index is 5.69. The molecule has 0 saturated heterocycles. The highest BCUT2D eigenvalue weighted by molar-refractivity contribution is 7.09. The van der Waals surface area contributed by atoms with Crippen LogP contribution in [0.1, 0.15) is 5.01 Å². The molecule has 0 aliphatic heterocycles. The van der Waals surface area contributed by atoms with E-state index in [1.54, 1.807) is 11.3 Å². The Hall–Kier alpha value is -2.33. The summed E-state index contributed by atoms with van der Waals surface area (Å²) in [5.74, 6) is 0.837. The van der Waals surface area contributed by atoms with Crippen LogP contribution in [0.15, 0.2) is 60.0 Å². The van der Waals surface area contributed by atoms with Crippen molar-refractivity contribution in [2.24, 2.45) is 0 Å². The van der Waals surface area contributed by atoms with Crippen LogP contribution in [0.5, 0.6) is 5.75 Å². The average Bonchev–Trinajstić information content (AvgIpc) is 2.99. The molecule has 1 heterocycles. The smallest absolute Gasteiger partial charge is 0.119 e. The second-order valence-electron chi connectivity index (χ2n) is 4.66. The Morgan fingerprint density at radius 1 is 1.00 bits per heavy atom. The van der Waals surface area contributed by atoms with E-state index in [1.165, 1.54) is 0 Å². The fourth-order valence-corrected chi connectivity index (χ4v) is 2.78. The van der Waals surface area contributed by atoms with Gasteiger partial charge in [0.25, 0.3) is 0 Å². The molecule has 4 heteroatoms. The van der Waals surface area contributed by atoms with Gasteiger partial charge in [-0.25, -0.2) is 4.98 Å². The van der Waals surface area contributed by atoms with Gasteiger partial charge in [0.15, 0.2) is 0 Å². The topological polar surface area (TPSA) is 48.1 Å². The third kappa shape index (κ3) is 3.61. The van der Waals surface area contributed by atoms with Crippen molar-refractivity contribution in [1.29, 1.82) is 0 Å². The van der Waals surface area contributed by atoms with E-state index >= 15 is 0 Å². The van der Waals surface area contributed by atoms with E-state index < -0.39 is 0 Å². The number of anilines is 1. The highest BCUT2D eigenvalue weighted by atomic mass is 32.1. The van der Waals surface area contributed by atoms with Crippen LogP contribution in [-0.2, 0) is 6.42 Å². The maximum Gasteiger partial charge on any atom is 0.119 e. The molecule has 0 atom stereocenters. The summed E-state index contributed by atoms with van der Waals surface area (Å²) in [5, 5.41) is 3.18. The molecule has 2 aromatic carbocycles. The van der Waals surface area contributed by atoms with Gasteiger partial charge in [-0.1, -0.05) is 30.3 Å². The van der Waals surface area contributed by atoms with Gasteiger partial charge >= 0.3 is 0 Å². The van der Waals surface area contributed by atoms with Gasteiger partial charge in [-0.2, -0.15) is 0 Å². The van der Waals surface area contributed by atoms with Gasteiger partial charge in [-0.15, -0.1) is 11.3 Å². The van der Waals surface area contributed by atoms with Crippen molar-refractivity contribution in [2.75, 3.05) is 12.3 Å². The summed E-state index contributed by atoms with van der Waals surface area (Å²) in [6.07, 6.45) is 0.807. The predicted octanol–water partition coefficient (Wildman–Crippen LogP) is 4.01. The lowest BCUT2D eigenvalue weighted by atomic mass is 10.2. The number of nitrogens with two attached hydrogens (primary N) is 1. The molecule has 21 heavy (non-hydrogen) atoms. The summed E-state index contributed by atoms with van der Waals surface area (Å²) in [5.41, 5.74) is 8.57. The normalized spacial score (nSPS) is 10.5. The number of rotatable bonds is 5. The molecule has 3 rings (SSSR count). The Morgan fingerprint density at radius 3 is 2.52 bits per heavy atom. The Balaban J connectivity index is 1.57. The number of nitrogen functional groups attached to an aromatic ring is 1. The quantitative estimate of drug-likeness (QED) is 0.724. The summed E-state index contributed by atoms with van der Waals surface area (Å²) >= 11 is 1.67. The van der Waals surface area contributed by atoms with E-state index in [1.807, 2.05) is 42.5 Å². The number of ether oxygens (including phenoxy) is 1. The monoisotopic (exact) mass is 296 g/mol. The first kappa shape index (κ1) is 13.6. The van der Waals surface area contributed by atoms with Crippen molar-refractivity contribution >= 4 is 17.0 Å². The minimum atomic E-state index is 0.617. The molecule has 0 amide bonds. The minimum absolute atomic E-state index is 0.617. The van der Waals surface area contributed by atoms with Gasteiger partial charge in [0.05, 0.1) is 17.3 Å². The van der Waals surface area contributed by atoms with Crippen molar-refractivity contribution in [3.8, 4) is 17.0 Å². The van der Waals surface area contributed by atoms with Crippen LogP contribution in [0.2, 0.25) is 0 Å². The van der Waals surface area contributed by atoms with Crippen LogP contribution in [-0.4, -0.2) is 11.6 Å². The summed E-state index contributed by atoms with van der Waals surface area (Å²) in [4.78, 5) is 4.64. The lowest BCUT2D eigenvalue weighted by Gasteiger charge is -2.04. The molecule has 0 spiro atoms. The van der Waals surface area contributed by atoms with Gasteiger partial charge < -0.3 is 10.5 Å². The molecule has 2 N–H and O–H groups in total. The van der Waals surface area contributed by atoms with Crippen molar-refractivity contribution in [3.05, 3.63) is 65.0 Å². The Labute approximate surface area is 128 Å². The van der Waals surface area contributed by atoms with Gasteiger partial charge in [0.1, 0.15) is 5.75 Å². The second-order valence-corrected chi connectivity index (χ2v) is 5.60. The number of hydrogen-bond donors (Lipinski definition) is 1. The van der Waals surface area contributed by atoms with E-state index in [0.717, 1.165) is 34.1 Å². The molecule has 106 valence electrons. The molecule has 0 radical (unpaired) electrons. The van der Waals surface area contributed by atoms with E-state index in [0.29, 0.717) is 6.61 Å². The van der Waals surface area contributed by atoms with Crippen LogP contribution in [0.25, 0.3) is 11.3 Å². The largest absolute Gasteiger partial charge is 0.493 e. The van der Waals surface area contributed by atoms with Crippen molar-refractivity contribution < 1.29 is 4.74 Å². The number of benzene rings is 2. The molecule has 1 aromatic heterocycles. The molecule has 3 nitrogen and oxygen atoms in total. The van der Waals surface area contributed by atoms with Gasteiger partial charge in [0, 0.05) is 23.1 Å². The van der Waals surface area contributed by atoms with E-state index in [2.05, 4.69) is 22.5 Å². The molecule has 0 aliphatic carbocycles. The van der Waals surface area contributed by atoms with Gasteiger partial charge in [-0.3, -0.25) is 0 Å². The number of thiazole rings is 1. The molecular weight excluding hydrogens is 280 g/mol. The molecule has 0 aliphatic rings. The highest BCUT2D eigenvalue weighted by Crippen LogP contribution is 2.22. The molecule has 0 fully saturated rings. The molecule has 3 aromatic rings. The first-order valence-electron chi connectivity index (χ1n) is 6.79. The number of aromatic nitrogens is 1. The predicted molar refractivity (Wildman–Crippen MR) is 87.6 cm³/mol. The molecule has 0 unspecified atom stereocenters. The molecular formula is C17H16N2OS. The summed E-state index contributed by atoms with van der Waals surface area (Å²) in [6.45, 7) is 0.617. The van der Waals surface area contributed by atoms with E-state index in [9.17, 15) is 0 Å². The maximum atomic E-state index is 5.69. The van der Waals surface area contributed by atoms with Crippen molar-refractivity contribution in [1.82, 2.24) is 4.98 Å². The highest BCUT2D eigenvalue weighted by Gasteiger charge is 2.04. The number of nitrogens with zero attached hydrogens (tertiary/aromatic N) is 1. The van der Waals surface area contributed by atoms with Crippen LogP contribution < -0.4 is 10.5 Å². The Kier molecular flexibility index (Phi) is 4.17. The van der Waals surface area contributed by atoms with Crippen molar-refractivity contribution in [2.45, 2.75) is 6.42 Å². The summed E-state index contributed by atoms with van der Waals surface area (Å²) in [6, 6.07) is 17.7. The van der Waals surface area contributed by atoms with Crippen molar-refractivity contribution in [3.63, 3.8) is 0 Å². The number of hydrogen-bond acceptors (Lipinski definition) is 4. The zero-order valence-corrected chi connectivity index (χ0v) is 12.3. The zero-order chi connectivity index (χ0) is 14.5. The third-order valence-corrected chi connectivity index (χ3v) is 3.99. The Morgan fingerprint density at radius 2 is 1.76 bits per heavy atom. The van der Waals surface area contributed by atoms with Crippen LogP contribution in [0, 0.1) is 0 Å². The summed E-state index contributed by atoms with van der Waals surface area (Å²) in [7, 11) is 0. The fraction of sp³-hybridized carbons (Fsp3) is 0.118. The molecule has 0 bridgehead atoms. The van der Waals surface area contributed by atoms with Crippen LogP contribution >= 0.6 is 11.3 Å². The zero-order valence-electron chi connectivity index (χ0n) is 11.5. The van der Waals surface area contributed by atoms with E-state index in [-0.39, 0.29) is 0 Å². The van der Waals surface area contributed by atoms with Crippen LogP contribution in [0.3, 0.4) is 0 Å². The average molecular weight is 296 g/mol. The standard InChI is InChI=1S/C17H16N2OS/c18-14-6-8-15(9-7-14)20-11-10-17-19-16(12-21-17)13-4-2-1-3-5-13/h1-9,12H,10-11,18H2. The minimum Gasteiger partial charge on any atom is -0.493 e. The van der Waals surface area contributed by atoms with Gasteiger partial charge in [-0.05, 0) is 24.3 Å². The second kappa shape index (κ2) is 6.41. The van der Waals surface area contributed by atoms with Crippen LogP contribution in [0.4, 0.5) is 5.69 Å². The van der Waals surface area contributed by atoms with Gasteiger partial charge in [0.2, 0.25) is 0 Å². The first-order valence-corrected chi connectivity index (χ1v) is 7.67. The summed E-state index contributed by atoms with van der Waals surface area (Å²) < 4.78 is 5.69. The van der Waals surface area contributed by atoms with E-state index in [4.69, 9.17) is 10.5 Å². The third-order valence-electron chi connectivity index (χ3n) is 3.09. The molecule has 0 saturated carbocycles.